The Morgan fingerprint density at radius 2 is 0.955 bits per heavy atom. The summed E-state index contributed by atoms with van der Waals surface area (Å²) in [5.41, 5.74) is 6.24. The van der Waals surface area contributed by atoms with Gasteiger partial charge in [-0.05, 0) is 174 Å². The molecule has 4 aromatic carbocycles. The van der Waals surface area contributed by atoms with Crippen LogP contribution in [0.5, 0.6) is 23.0 Å². The Bertz CT molecular complexity index is 2210. The zero-order valence-electron chi connectivity index (χ0n) is 38.3. The van der Waals surface area contributed by atoms with Gasteiger partial charge in [-0.15, -0.1) is 9.05 Å². The normalized spacial score (nSPS) is 11.4. The molecule has 0 spiro atoms. The molecule has 0 radical (unpaired) electrons. The number of halogens is 2. The topological polar surface area (TPSA) is 123 Å². The fourth-order valence-corrected chi connectivity index (χ4v) is 8.19. The van der Waals surface area contributed by atoms with E-state index in [2.05, 4.69) is 22.8 Å². The first-order chi connectivity index (χ1) is 32.1. The minimum atomic E-state index is -2.20. The van der Waals surface area contributed by atoms with Gasteiger partial charge in [0.15, 0.2) is 0 Å². The molecule has 6 rings (SSSR count). The maximum atomic E-state index is 12.4. The minimum absolute atomic E-state index is 0.0666. The minimum Gasteiger partial charge on any atom is -0.493 e. The first kappa shape index (κ1) is 50.6. The van der Waals surface area contributed by atoms with Gasteiger partial charge in [0.05, 0.1) is 59.1 Å². The summed E-state index contributed by atoms with van der Waals surface area (Å²) in [6.45, 7) is 12.3. The largest absolute Gasteiger partial charge is 0.697 e. The van der Waals surface area contributed by atoms with Crippen molar-refractivity contribution in [2.75, 3.05) is 39.5 Å². The van der Waals surface area contributed by atoms with Crippen LogP contribution in [0.4, 0.5) is 0 Å². The van der Waals surface area contributed by atoms with Crippen LogP contribution in [0.1, 0.15) is 75.6 Å². The molecule has 0 amide bonds. The van der Waals surface area contributed by atoms with Crippen molar-refractivity contribution in [2.24, 2.45) is 0 Å². The zero-order chi connectivity index (χ0) is 46.5. The third-order valence-electron chi connectivity index (χ3n) is 10.2. The van der Waals surface area contributed by atoms with E-state index in [1.807, 2.05) is 113 Å². The molecule has 352 valence electrons. The quantitative estimate of drug-likeness (QED) is 0.0331. The van der Waals surface area contributed by atoms with E-state index < -0.39 is 8.25 Å². The van der Waals surface area contributed by atoms with Crippen molar-refractivity contribution in [3.63, 3.8) is 0 Å². The van der Waals surface area contributed by atoms with Crippen molar-refractivity contribution in [3.05, 3.63) is 142 Å². The van der Waals surface area contributed by atoms with Crippen molar-refractivity contribution in [1.29, 1.82) is 0 Å². The Labute approximate surface area is 400 Å². The molecule has 0 saturated carbocycles. The van der Waals surface area contributed by atoms with Gasteiger partial charge in [0, 0.05) is 17.7 Å². The lowest BCUT2D eigenvalue weighted by atomic mass is 10.1. The summed E-state index contributed by atoms with van der Waals surface area (Å²) in [6.07, 6.45) is 8.12. The van der Waals surface area contributed by atoms with Crippen LogP contribution in [0.15, 0.2) is 118 Å². The van der Waals surface area contributed by atoms with Crippen molar-refractivity contribution in [1.82, 2.24) is 10.6 Å². The lowest BCUT2D eigenvalue weighted by Crippen LogP contribution is -2.16. The van der Waals surface area contributed by atoms with E-state index in [0.29, 0.717) is 87.0 Å². The van der Waals surface area contributed by atoms with Gasteiger partial charge in [0.1, 0.15) is 47.7 Å². The number of aryl methyl sites for hydroxylation is 2. The number of benzene rings is 4. The van der Waals surface area contributed by atoms with Crippen LogP contribution in [0.3, 0.4) is 0 Å². The predicted molar refractivity (Wildman–Crippen MR) is 263 cm³/mol. The molecule has 6 aromatic rings. The van der Waals surface area contributed by atoms with E-state index in [0.717, 1.165) is 82.1 Å². The summed E-state index contributed by atoms with van der Waals surface area (Å²) in [5, 5.41) is 8.12. The van der Waals surface area contributed by atoms with Gasteiger partial charge < -0.3 is 38.4 Å². The summed E-state index contributed by atoms with van der Waals surface area (Å²) in [7, 11) is -2.20. The summed E-state index contributed by atoms with van der Waals surface area (Å²) < 4.78 is 58.7. The molecule has 0 fully saturated rings. The molecular weight excluding hydrogens is 898 g/mol. The van der Waals surface area contributed by atoms with Crippen LogP contribution in [0.2, 0.25) is 10.0 Å². The van der Waals surface area contributed by atoms with E-state index in [-0.39, 0.29) is 12.2 Å². The molecule has 2 N–H and O–H groups in total. The van der Waals surface area contributed by atoms with Crippen molar-refractivity contribution in [3.8, 4) is 45.6 Å². The molecule has 0 aliphatic rings. The van der Waals surface area contributed by atoms with Gasteiger partial charge in [0.2, 0.25) is 0 Å². The van der Waals surface area contributed by atoms with Gasteiger partial charge in [-0.25, -0.2) is 0 Å². The van der Waals surface area contributed by atoms with E-state index in [4.69, 9.17) is 60.0 Å². The molecule has 0 aliphatic carbocycles. The molecule has 0 bridgehead atoms. The molecule has 2 aromatic heterocycles. The van der Waals surface area contributed by atoms with Gasteiger partial charge in [-0.1, -0.05) is 47.5 Å². The Balaban J connectivity index is 0.831. The van der Waals surface area contributed by atoms with Gasteiger partial charge in [-0.2, -0.15) is 0 Å². The van der Waals surface area contributed by atoms with Gasteiger partial charge >= 0.3 is 8.25 Å². The fraction of sp³-hybridized carbons (Fsp3) is 0.385. The number of hydrogen-bond acceptors (Lipinski definition) is 11. The molecule has 2 heterocycles. The Morgan fingerprint density at radius 1 is 0.530 bits per heavy atom. The van der Waals surface area contributed by atoms with E-state index in [1.165, 1.54) is 0 Å². The monoisotopic (exact) mass is 959 g/mol. The van der Waals surface area contributed by atoms with Gasteiger partial charge in [-0.3, -0.25) is 0 Å². The number of furan rings is 2. The highest BCUT2D eigenvalue weighted by Gasteiger charge is 2.19. The molecule has 11 nitrogen and oxygen atoms in total. The molecule has 0 saturated heterocycles. The Hall–Kier alpha value is -4.84. The highest BCUT2D eigenvalue weighted by molar-refractivity contribution is 7.33. The lowest BCUT2D eigenvalue weighted by molar-refractivity contribution is 0.220. The van der Waals surface area contributed by atoms with Crippen molar-refractivity contribution >= 4 is 31.5 Å². The fourth-order valence-electron chi connectivity index (χ4n) is 7.07. The van der Waals surface area contributed by atoms with Crippen LogP contribution < -0.4 is 29.6 Å². The number of rotatable bonds is 30. The summed E-state index contributed by atoms with van der Waals surface area (Å²) >= 11 is 12.9. The van der Waals surface area contributed by atoms with Crippen LogP contribution in [0, 0.1) is 0 Å². The summed E-state index contributed by atoms with van der Waals surface area (Å²) in [6, 6.07) is 31.7. The number of hydrogen-bond donors (Lipinski definition) is 2. The maximum absolute atomic E-state index is 12.4. The lowest BCUT2D eigenvalue weighted by Gasteiger charge is -2.14. The second-order valence-corrected chi connectivity index (χ2v) is 18.1. The second-order valence-electron chi connectivity index (χ2n) is 16.3. The first-order valence-corrected chi connectivity index (χ1v) is 24.6. The third-order valence-corrected chi connectivity index (χ3v) is 11.5. The average molecular weight is 961 g/mol. The number of ether oxygens (including phenoxy) is 4. The van der Waals surface area contributed by atoms with Gasteiger partial charge in [0.25, 0.3) is 0 Å². The van der Waals surface area contributed by atoms with Crippen molar-refractivity contribution < 1.29 is 41.4 Å². The number of nitrogens with one attached hydrogen (secondary N) is 2. The second kappa shape index (κ2) is 27.1. The summed E-state index contributed by atoms with van der Waals surface area (Å²) in [5.74, 6) is 4.42. The SMILES string of the molecule is CC(C)Oc1ccc(CCCOc2ccc(CNCCCO[P+](=O)OCCCNCc3ccc(OCCCc4ccc(OC(C)C)c(Cl)c4)c(-c4ccco4)c3)cc2-c2ccco2)cc1Cl. The maximum Gasteiger partial charge on any atom is 0.697 e. The third kappa shape index (κ3) is 16.8. The first-order valence-electron chi connectivity index (χ1n) is 22.7. The average Bonchev–Trinajstić information content (AvgIpc) is 4.05. The van der Waals surface area contributed by atoms with Crippen LogP contribution >= 0.6 is 31.5 Å². The molecule has 0 aliphatic heterocycles. The summed E-state index contributed by atoms with van der Waals surface area (Å²) in [4.78, 5) is 0. The molecule has 66 heavy (non-hydrogen) atoms. The van der Waals surface area contributed by atoms with Crippen molar-refractivity contribution in [2.45, 2.75) is 91.5 Å². The molecule has 0 unspecified atom stereocenters. The molecular formula is C52H62Cl2N2O9P+. The van der Waals surface area contributed by atoms with Crippen LogP contribution in [0.25, 0.3) is 22.6 Å². The molecule has 14 heteroatoms. The smallest absolute Gasteiger partial charge is 0.493 e. The zero-order valence-corrected chi connectivity index (χ0v) is 40.7. The van der Waals surface area contributed by atoms with Crippen LogP contribution in [-0.2, 0) is 39.5 Å². The highest BCUT2D eigenvalue weighted by atomic mass is 35.5. The van der Waals surface area contributed by atoms with Crippen LogP contribution in [-0.4, -0.2) is 51.7 Å². The highest BCUT2D eigenvalue weighted by Crippen LogP contribution is 2.34. The van der Waals surface area contributed by atoms with E-state index in [1.54, 1.807) is 12.5 Å². The van der Waals surface area contributed by atoms with E-state index in [9.17, 15) is 4.57 Å². The molecule has 0 atom stereocenters. The van der Waals surface area contributed by atoms with E-state index >= 15 is 0 Å². The standard InChI is InChI=1S/C52H62Cl2N2O9P/c1-37(2)64-51-21-15-39(33-45(51)53)11-5-25-60-49-19-17-41(31-43(49)47-13-7-27-58-47)35-55-23-9-29-62-66(57)63-30-10-24-56-36-42-18-20-50(44(32-42)48-14-8-28-59-48)61-26-6-12-40-16-22-52(46(54)34-40)65-38(3)4/h7-8,13-22,27-28,31-34,37-38,55-56H,5-6,9-12,23-26,29-30,35-36H2,1-4H3/q+1. The Kier molecular flexibility index (Phi) is 20.8. The predicted octanol–water partition coefficient (Wildman–Crippen LogP) is 13.5. The Morgan fingerprint density at radius 3 is 1.35 bits per heavy atom.